The van der Waals surface area contributed by atoms with E-state index in [4.69, 9.17) is 13.9 Å². The van der Waals surface area contributed by atoms with E-state index in [1.54, 1.807) is 6.92 Å². The van der Waals surface area contributed by atoms with Gasteiger partial charge in [-0.15, -0.1) is 0 Å². The monoisotopic (exact) mass is 497 g/mol. The highest BCUT2D eigenvalue weighted by molar-refractivity contribution is 6.02. The number of aryl methyl sites for hydroxylation is 2. The van der Waals surface area contributed by atoms with Crippen molar-refractivity contribution in [3.8, 4) is 22.6 Å². The van der Waals surface area contributed by atoms with E-state index in [0.717, 1.165) is 46.0 Å². The lowest BCUT2D eigenvalue weighted by atomic mass is 9.96. The maximum atomic E-state index is 12.3. The molecule has 1 aliphatic heterocycles. The molecule has 1 saturated heterocycles. The van der Waals surface area contributed by atoms with E-state index in [1.165, 1.54) is 6.07 Å². The molecule has 5 rings (SSSR count). The Morgan fingerprint density at radius 2 is 1.81 bits per heavy atom. The Balaban J connectivity index is 1.46. The number of carbonyl (C=O) groups excluding carboxylic acids is 2. The molecule has 1 aromatic heterocycles. The number of alkyl carbamates (subject to hydrolysis) is 1. The smallest absolute Gasteiger partial charge is 0.415 e. The predicted octanol–water partition coefficient (Wildman–Crippen LogP) is 6.08. The van der Waals surface area contributed by atoms with Crippen LogP contribution in [0.1, 0.15) is 37.0 Å². The third kappa shape index (κ3) is 4.98. The Labute approximate surface area is 214 Å². The molecule has 2 amide bonds. The van der Waals surface area contributed by atoms with Crippen LogP contribution in [0, 0.1) is 6.92 Å². The maximum absolute atomic E-state index is 12.3. The average Bonchev–Trinajstić information content (AvgIpc) is 3.10. The van der Waals surface area contributed by atoms with Crippen LogP contribution in [0.5, 0.6) is 11.5 Å². The van der Waals surface area contributed by atoms with Gasteiger partial charge in [0.05, 0.1) is 0 Å². The molecule has 1 N–H and O–H groups in total. The summed E-state index contributed by atoms with van der Waals surface area (Å²) in [6.07, 6.45) is 1.19. The largest absolute Gasteiger partial charge is 0.457 e. The number of nitrogens with one attached hydrogen (secondary N) is 1. The summed E-state index contributed by atoms with van der Waals surface area (Å²) in [6, 6.07) is 20.7. The number of imide groups is 1. The summed E-state index contributed by atoms with van der Waals surface area (Å²) in [6.45, 7) is 5.65. The highest BCUT2D eigenvalue weighted by Gasteiger charge is 2.44. The second-order valence-corrected chi connectivity index (χ2v) is 9.55. The Hall–Kier alpha value is -4.39. The van der Waals surface area contributed by atoms with Crippen molar-refractivity contribution in [3.05, 3.63) is 93.8 Å². The Morgan fingerprint density at radius 1 is 0.973 bits per heavy atom. The van der Waals surface area contributed by atoms with Gasteiger partial charge in [0.15, 0.2) is 5.60 Å². The maximum Gasteiger partial charge on any atom is 0.415 e. The zero-order valence-corrected chi connectivity index (χ0v) is 20.9. The van der Waals surface area contributed by atoms with Gasteiger partial charge in [0, 0.05) is 17.9 Å². The first-order valence-corrected chi connectivity index (χ1v) is 12.2. The number of rotatable bonds is 7. The average molecular weight is 498 g/mol. The van der Waals surface area contributed by atoms with Gasteiger partial charge < -0.3 is 13.9 Å². The molecular formula is C30H27NO6. The predicted molar refractivity (Wildman–Crippen MR) is 140 cm³/mol. The van der Waals surface area contributed by atoms with Crippen LogP contribution in [0.2, 0.25) is 0 Å². The number of amides is 2. The zero-order valence-electron chi connectivity index (χ0n) is 20.9. The van der Waals surface area contributed by atoms with E-state index in [2.05, 4.69) is 18.3 Å². The number of fused-ring (bicyclic) bond motifs is 1. The van der Waals surface area contributed by atoms with E-state index >= 15 is 0 Å². The Kier molecular flexibility index (Phi) is 6.29. The minimum absolute atomic E-state index is 0.228. The lowest BCUT2D eigenvalue weighted by molar-refractivity contribution is -0.129. The summed E-state index contributed by atoms with van der Waals surface area (Å²) < 4.78 is 16.9. The number of carbonyl (C=O) groups is 2. The second-order valence-electron chi connectivity index (χ2n) is 9.55. The molecule has 1 aliphatic rings. The van der Waals surface area contributed by atoms with E-state index in [-0.39, 0.29) is 6.42 Å². The van der Waals surface area contributed by atoms with Gasteiger partial charge in [-0.1, -0.05) is 43.7 Å². The molecule has 2 heterocycles. The standard InChI is InChI=1S/C30H27NO6/c1-4-6-21-15-20(24-16-27(32)36-26-13-18(2)9-11-23(24)26)10-12-25(21)35-22-8-5-7-19(14-22)17-30(3)28(33)31-29(34)37-30/h5,7-16H,4,6,17H2,1-3H3,(H,31,33,34)/t30-/m1/s1. The number of ether oxygens (including phenoxy) is 2. The van der Waals surface area contributed by atoms with Crippen molar-refractivity contribution in [1.82, 2.24) is 5.32 Å². The van der Waals surface area contributed by atoms with Crippen molar-refractivity contribution in [1.29, 1.82) is 0 Å². The molecule has 1 atom stereocenters. The first-order valence-electron chi connectivity index (χ1n) is 12.2. The second kappa shape index (κ2) is 9.58. The van der Waals surface area contributed by atoms with Crippen molar-refractivity contribution in [2.24, 2.45) is 0 Å². The van der Waals surface area contributed by atoms with Crippen LogP contribution < -0.4 is 15.7 Å². The third-order valence-electron chi connectivity index (χ3n) is 6.47. The zero-order chi connectivity index (χ0) is 26.2. The molecule has 1 fully saturated rings. The van der Waals surface area contributed by atoms with Crippen molar-refractivity contribution in [3.63, 3.8) is 0 Å². The Morgan fingerprint density at radius 3 is 2.57 bits per heavy atom. The first-order chi connectivity index (χ1) is 17.7. The molecule has 7 nitrogen and oxygen atoms in total. The fourth-order valence-electron chi connectivity index (χ4n) is 4.67. The molecule has 4 aromatic rings. The summed E-state index contributed by atoms with van der Waals surface area (Å²) in [5.74, 6) is 0.863. The topological polar surface area (TPSA) is 94.8 Å². The van der Waals surface area contributed by atoms with Crippen LogP contribution in [0.15, 0.2) is 75.9 Å². The van der Waals surface area contributed by atoms with Crippen LogP contribution in [0.25, 0.3) is 22.1 Å². The van der Waals surface area contributed by atoms with Gasteiger partial charge in [0.25, 0.3) is 5.91 Å². The molecule has 188 valence electrons. The SMILES string of the molecule is CCCc1cc(-c2cc(=O)oc3cc(C)ccc23)ccc1Oc1cccc(C[C@@]2(C)OC(=O)NC2=O)c1. The fraction of sp³-hybridized carbons (Fsp3) is 0.233. The third-order valence-corrected chi connectivity index (χ3v) is 6.47. The number of hydrogen-bond acceptors (Lipinski definition) is 6. The quantitative estimate of drug-likeness (QED) is 0.311. The van der Waals surface area contributed by atoms with Crippen molar-refractivity contribution >= 4 is 23.0 Å². The summed E-state index contributed by atoms with van der Waals surface area (Å²) in [5.41, 5.74) is 3.47. The lowest BCUT2D eigenvalue weighted by Gasteiger charge is -2.19. The summed E-state index contributed by atoms with van der Waals surface area (Å²) in [4.78, 5) is 35.9. The number of cyclic esters (lactones) is 1. The molecule has 7 heteroatoms. The van der Waals surface area contributed by atoms with Gasteiger partial charge in [0.1, 0.15) is 17.1 Å². The molecule has 0 unspecified atom stereocenters. The van der Waals surface area contributed by atoms with Gasteiger partial charge in [-0.05, 0) is 78.4 Å². The number of hydrogen-bond donors (Lipinski definition) is 1. The molecule has 0 bridgehead atoms. The summed E-state index contributed by atoms with van der Waals surface area (Å²) in [7, 11) is 0. The summed E-state index contributed by atoms with van der Waals surface area (Å²) >= 11 is 0. The van der Waals surface area contributed by atoms with Crippen LogP contribution in [0.4, 0.5) is 4.79 Å². The molecule has 3 aromatic carbocycles. The molecule has 0 spiro atoms. The van der Waals surface area contributed by atoms with Crippen LogP contribution in [0.3, 0.4) is 0 Å². The number of benzene rings is 3. The minimum Gasteiger partial charge on any atom is -0.457 e. The fourth-order valence-corrected chi connectivity index (χ4v) is 4.67. The highest BCUT2D eigenvalue weighted by atomic mass is 16.6. The van der Waals surface area contributed by atoms with Crippen LogP contribution in [-0.2, 0) is 22.4 Å². The van der Waals surface area contributed by atoms with Gasteiger partial charge >= 0.3 is 11.7 Å². The van der Waals surface area contributed by atoms with E-state index < -0.39 is 23.2 Å². The molecule has 0 radical (unpaired) electrons. The van der Waals surface area contributed by atoms with Crippen molar-refractivity contribution < 1.29 is 23.5 Å². The summed E-state index contributed by atoms with van der Waals surface area (Å²) in [5, 5.41) is 3.06. The minimum atomic E-state index is -1.26. The molecule has 37 heavy (non-hydrogen) atoms. The van der Waals surface area contributed by atoms with E-state index in [1.807, 2.05) is 61.5 Å². The first kappa shape index (κ1) is 24.3. The van der Waals surface area contributed by atoms with Gasteiger partial charge in [-0.3, -0.25) is 10.1 Å². The van der Waals surface area contributed by atoms with Crippen molar-refractivity contribution in [2.75, 3.05) is 0 Å². The van der Waals surface area contributed by atoms with Crippen LogP contribution in [-0.4, -0.2) is 17.6 Å². The Bertz CT molecular complexity index is 1590. The molecular weight excluding hydrogens is 470 g/mol. The molecule has 0 aliphatic carbocycles. The van der Waals surface area contributed by atoms with Gasteiger partial charge in [0.2, 0.25) is 0 Å². The normalized spacial score (nSPS) is 17.1. The lowest BCUT2D eigenvalue weighted by Crippen LogP contribution is -2.38. The molecule has 0 saturated carbocycles. The van der Waals surface area contributed by atoms with Gasteiger partial charge in [-0.2, -0.15) is 0 Å². The van der Waals surface area contributed by atoms with Crippen LogP contribution >= 0.6 is 0 Å². The van der Waals surface area contributed by atoms with E-state index in [0.29, 0.717) is 17.1 Å². The van der Waals surface area contributed by atoms with Gasteiger partial charge in [-0.25, -0.2) is 9.59 Å². The van der Waals surface area contributed by atoms with E-state index in [9.17, 15) is 14.4 Å². The highest BCUT2D eigenvalue weighted by Crippen LogP contribution is 2.34. The van der Waals surface area contributed by atoms with Crippen molar-refractivity contribution in [2.45, 2.75) is 45.6 Å².